The van der Waals surface area contributed by atoms with Crippen LogP contribution >= 0.6 is 0 Å². The highest BCUT2D eigenvalue weighted by molar-refractivity contribution is 6.00. The minimum atomic E-state index is -0.314. The van der Waals surface area contributed by atoms with Crippen molar-refractivity contribution < 1.29 is 4.79 Å². The number of amides is 1. The van der Waals surface area contributed by atoms with Crippen molar-refractivity contribution in [2.45, 2.75) is 76.4 Å². The van der Waals surface area contributed by atoms with E-state index >= 15 is 0 Å². The molecule has 158 valence electrons. The summed E-state index contributed by atoms with van der Waals surface area (Å²) in [5, 5.41) is 7.54. The van der Waals surface area contributed by atoms with Crippen LogP contribution in [-0.4, -0.2) is 49.9 Å². The first-order chi connectivity index (χ1) is 14.3. The summed E-state index contributed by atoms with van der Waals surface area (Å²) in [6.07, 6.45) is 14.0. The second kappa shape index (κ2) is 6.93. The van der Waals surface area contributed by atoms with E-state index in [4.69, 9.17) is 9.98 Å². The molecule has 1 unspecified atom stereocenters. The van der Waals surface area contributed by atoms with Crippen molar-refractivity contribution in [3.05, 3.63) is 36.2 Å². The van der Waals surface area contributed by atoms with Crippen LogP contribution in [0.25, 0.3) is 5.65 Å². The summed E-state index contributed by atoms with van der Waals surface area (Å²) in [5.41, 5.74) is 1.85. The maximum absolute atomic E-state index is 13.1. The summed E-state index contributed by atoms with van der Waals surface area (Å²) in [6.45, 7) is 7.40. The van der Waals surface area contributed by atoms with Crippen LogP contribution in [0, 0.1) is 0 Å². The summed E-state index contributed by atoms with van der Waals surface area (Å²) < 4.78 is 1.69. The average Bonchev–Trinajstić information content (AvgIpc) is 3.34. The van der Waals surface area contributed by atoms with Crippen molar-refractivity contribution in [3.63, 3.8) is 0 Å². The number of aliphatic imine (C=N–C) groups is 1. The third-order valence-corrected chi connectivity index (χ3v) is 6.79. The second-order valence-electron chi connectivity index (χ2n) is 9.72. The number of hydrogen-bond donors (Lipinski definition) is 1. The number of hydrogen-bond acceptors (Lipinski definition) is 5. The molecule has 1 N–H and O–H groups in total. The van der Waals surface area contributed by atoms with E-state index in [0.717, 1.165) is 50.9 Å². The highest BCUT2D eigenvalue weighted by Crippen LogP contribution is 2.37. The van der Waals surface area contributed by atoms with E-state index in [9.17, 15) is 4.79 Å². The number of rotatable bonds is 0. The molecule has 3 aliphatic rings. The van der Waals surface area contributed by atoms with Crippen molar-refractivity contribution in [3.8, 4) is 0 Å². The van der Waals surface area contributed by atoms with Gasteiger partial charge in [0.05, 0.1) is 17.8 Å². The molecular weight excluding hydrogens is 376 g/mol. The molecule has 0 aromatic carbocycles. The molecule has 0 radical (unpaired) electrons. The Kier molecular flexibility index (Phi) is 4.45. The van der Waals surface area contributed by atoms with E-state index in [0.29, 0.717) is 17.3 Å². The zero-order valence-corrected chi connectivity index (χ0v) is 18.1. The molecule has 0 spiro atoms. The van der Waals surface area contributed by atoms with Crippen molar-refractivity contribution >= 4 is 23.1 Å². The Morgan fingerprint density at radius 3 is 2.97 bits per heavy atom. The van der Waals surface area contributed by atoms with Gasteiger partial charge in [-0.3, -0.25) is 9.79 Å². The molecule has 1 saturated heterocycles. The summed E-state index contributed by atoms with van der Waals surface area (Å²) in [4.78, 5) is 25.6. The van der Waals surface area contributed by atoms with E-state index in [-0.39, 0.29) is 17.0 Å². The first-order valence-electron chi connectivity index (χ1n) is 11.0. The summed E-state index contributed by atoms with van der Waals surface area (Å²) in [7, 11) is 0. The molecule has 0 saturated carbocycles. The van der Waals surface area contributed by atoms with Crippen LogP contribution < -0.4 is 10.2 Å². The van der Waals surface area contributed by atoms with Gasteiger partial charge in [0.15, 0.2) is 5.65 Å². The highest BCUT2D eigenvalue weighted by atomic mass is 16.1. The minimum absolute atomic E-state index is 0.115. The van der Waals surface area contributed by atoms with E-state index in [1.54, 1.807) is 10.7 Å². The number of carbonyl (C=O) groups excluding carboxylic acids is 1. The maximum atomic E-state index is 13.1. The average molecular weight is 407 g/mol. The summed E-state index contributed by atoms with van der Waals surface area (Å²) in [5.74, 6) is 0.789. The van der Waals surface area contributed by atoms with Crippen LogP contribution in [-0.2, 0) is 0 Å². The van der Waals surface area contributed by atoms with Gasteiger partial charge in [-0.05, 0) is 71.4 Å². The topological polar surface area (TPSA) is 74.9 Å². The molecule has 1 fully saturated rings. The predicted octanol–water partition coefficient (Wildman–Crippen LogP) is 3.55. The Bertz CT molecular complexity index is 1050. The van der Waals surface area contributed by atoms with E-state index in [1.165, 1.54) is 5.71 Å². The van der Waals surface area contributed by atoms with Gasteiger partial charge in [-0.25, -0.2) is 9.50 Å². The quantitative estimate of drug-likeness (QED) is 0.726. The third-order valence-electron chi connectivity index (χ3n) is 6.79. The molecule has 2 atom stereocenters. The molecule has 0 aliphatic carbocycles. The first kappa shape index (κ1) is 19.3. The number of aromatic nitrogens is 3. The largest absolute Gasteiger partial charge is 0.351 e. The summed E-state index contributed by atoms with van der Waals surface area (Å²) >= 11 is 0. The second-order valence-corrected chi connectivity index (χ2v) is 9.72. The molecule has 5 rings (SSSR count). The van der Waals surface area contributed by atoms with Gasteiger partial charge in [0, 0.05) is 24.0 Å². The monoisotopic (exact) mass is 406 g/mol. The third kappa shape index (κ3) is 3.30. The molecule has 5 heterocycles. The van der Waals surface area contributed by atoms with Crippen LogP contribution in [0.15, 0.2) is 35.6 Å². The number of fused-ring (bicyclic) bond motifs is 5. The fourth-order valence-corrected chi connectivity index (χ4v) is 5.21. The smallest absolute Gasteiger partial charge is 0.257 e. The number of anilines is 1. The van der Waals surface area contributed by atoms with Gasteiger partial charge in [-0.15, -0.1) is 0 Å². The molecule has 4 bridgehead atoms. The van der Waals surface area contributed by atoms with Crippen molar-refractivity contribution in [1.82, 2.24) is 19.9 Å². The zero-order valence-electron chi connectivity index (χ0n) is 18.1. The minimum Gasteiger partial charge on any atom is -0.351 e. The van der Waals surface area contributed by atoms with Crippen LogP contribution in [0.4, 0.5) is 5.82 Å². The fraction of sp³-hybridized carbons (Fsp3) is 0.565. The Morgan fingerprint density at radius 1 is 1.23 bits per heavy atom. The Hall–Kier alpha value is -2.70. The van der Waals surface area contributed by atoms with E-state index < -0.39 is 0 Å². The SMILES string of the molecule is CC1(C)CCCC2=NC(C)(CC=C2)[C@H]2CCCN2c2ccn3ncc(c3n2)C(=O)N1. The van der Waals surface area contributed by atoms with Gasteiger partial charge in [0.1, 0.15) is 11.4 Å². The number of nitrogens with zero attached hydrogens (tertiary/aromatic N) is 5. The molecule has 1 amide bonds. The van der Waals surface area contributed by atoms with Crippen LogP contribution in [0.5, 0.6) is 0 Å². The molecule has 3 aliphatic heterocycles. The van der Waals surface area contributed by atoms with E-state index in [2.05, 4.69) is 48.2 Å². The van der Waals surface area contributed by atoms with Gasteiger partial charge in [-0.1, -0.05) is 6.08 Å². The lowest BCUT2D eigenvalue weighted by molar-refractivity contribution is 0.0910. The number of carbonyl (C=O) groups is 1. The van der Waals surface area contributed by atoms with Crippen LogP contribution in [0.1, 0.15) is 69.7 Å². The lowest BCUT2D eigenvalue weighted by Gasteiger charge is -2.39. The normalized spacial score (nSPS) is 28.6. The molecule has 2 aromatic rings. The van der Waals surface area contributed by atoms with Crippen molar-refractivity contribution in [2.24, 2.45) is 4.99 Å². The van der Waals surface area contributed by atoms with Gasteiger partial charge in [-0.2, -0.15) is 5.10 Å². The Morgan fingerprint density at radius 2 is 2.10 bits per heavy atom. The van der Waals surface area contributed by atoms with Gasteiger partial charge >= 0.3 is 0 Å². The van der Waals surface area contributed by atoms with Crippen LogP contribution in [0.2, 0.25) is 0 Å². The first-order valence-corrected chi connectivity index (χ1v) is 11.0. The highest BCUT2D eigenvalue weighted by Gasteiger charge is 2.42. The lowest BCUT2D eigenvalue weighted by Crippen LogP contribution is -2.48. The Labute approximate surface area is 177 Å². The molecule has 30 heavy (non-hydrogen) atoms. The number of nitrogens with one attached hydrogen (secondary N) is 1. The maximum Gasteiger partial charge on any atom is 0.257 e. The zero-order chi connectivity index (χ0) is 20.9. The number of allylic oxidation sites excluding steroid dienone is 1. The molecule has 7 heteroatoms. The fourth-order valence-electron chi connectivity index (χ4n) is 5.21. The molecule has 2 aromatic heterocycles. The van der Waals surface area contributed by atoms with E-state index in [1.807, 2.05) is 12.3 Å². The molecular formula is C23H30N6O. The molecule has 7 nitrogen and oxygen atoms in total. The van der Waals surface area contributed by atoms with Crippen molar-refractivity contribution in [1.29, 1.82) is 0 Å². The van der Waals surface area contributed by atoms with Gasteiger partial charge in [0.25, 0.3) is 5.91 Å². The number of dihydropyridines is 1. The lowest BCUT2D eigenvalue weighted by atomic mass is 9.84. The van der Waals surface area contributed by atoms with Crippen molar-refractivity contribution in [2.75, 3.05) is 11.4 Å². The van der Waals surface area contributed by atoms with Gasteiger partial charge < -0.3 is 10.2 Å². The Balaban J connectivity index is 1.63. The predicted molar refractivity (Wildman–Crippen MR) is 118 cm³/mol. The van der Waals surface area contributed by atoms with Gasteiger partial charge in [0.2, 0.25) is 0 Å². The standard InChI is InChI=1S/C23H30N6O/c1-22(2)11-4-7-16-8-5-12-23(3,26-16)18-9-6-13-28(18)19-10-14-29-20(25-19)17(15-24-29)21(30)27-22/h5,8,10,14-15,18H,4,6-7,9,11-13H2,1-3H3,(H,27,30)/t18-,23?/m1/s1. The summed E-state index contributed by atoms with van der Waals surface area (Å²) in [6, 6.07) is 2.31. The van der Waals surface area contributed by atoms with Crippen LogP contribution in [0.3, 0.4) is 0 Å².